The van der Waals surface area contributed by atoms with Crippen LogP contribution in [0.4, 0.5) is 8.78 Å². The van der Waals surface area contributed by atoms with Crippen molar-refractivity contribution < 1.29 is 13.9 Å². The van der Waals surface area contributed by atoms with Crippen LogP contribution in [-0.4, -0.2) is 17.1 Å². The van der Waals surface area contributed by atoms with Crippen molar-refractivity contribution in [3.05, 3.63) is 0 Å². The van der Waals surface area contributed by atoms with Crippen LogP contribution in [0.3, 0.4) is 0 Å². The Hall–Kier alpha value is -0.180. The molecule has 0 fully saturated rings. The Kier molecular flexibility index (Phi) is 3.04. The fourth-order valence-electron chi connectivity index (χ4n) is 0.615. The minimum atomic E-state index is -2.63. The Morgan fingerprint density at radius 1 is 1.56 bits per heavy atom. The lowest BCUT2D eigenvalue weighted by atomic mass is 10.0. The normalized spacial score (nSPS) is 18.0. The third-order valence-corrected chi connectivity index (χ3v) is 1.23. The van der Waals surface area contributed by atoms with E-state index in [2.05, 4.69) is 0 Å². The minimum Gasteiger partial charge on any atom is -0.384 e. The van der Waals surface area contributed by atoms with Crippen LogP contribution in [0.1, 0.15) is 26.7 Å². The molecule has 3 heteroatoms. The van der Waals surface area contributed by atoms with E-state index in [0.29, 0.717) is 6.42 Å². The molecule has 1 nitrogen and oxygen atoms in total. The van der Waals surface area contributed by atoms with Gasteiger partial charge < -0.3 is 5.11 Å². The summed E-state index contributed by atoms with van der Waals surface area (Å²) in [5.41, 5.74) is -1.78. The highest BCUT2D eigenvalue weighted by Gasteiger charge is 2.30. The summed E-state index contributed by atoms with van der Waals surface area (Å²) >= 11 is 0. The van der Waals surface area contributed by atoms with Gasteiger partial charge in [0.1, 0.15) is 5.60 Å². The van der Waals surface area contributed by atoms with Gasteiger partial charge in [0.05, 0.1) is 0 Å². The summed E-state index contributed by atoms with van der Waals surface area (Å²) in [6.45, 7) is 2.91. The summed E-state index contributed by atoms with van der Waals surface area (Å²) in [5.74, 6) is 0. The molecule has 56 valence electrons. The van der Waals surface area contributed by atoms with Crippen LogP contribution in [0.25, 0.3) is 0 Å². The van der Waals surface area contributed by atoms with E-state index >= 15 is 0 Å². The molecule has 0 aliphatic rings. The molecule has 1 N–H and O–H groups in total. The fourth-order valence-corrected chi connectivity index (χ4v) is 0.615. The molecule has 0 aromatic heterocycles. The highest BCUT2D eigenvalue weighted by Crippen LogP contribution is 2.19. The SMILES string of the molecule is CCC[C@](C)(O)C(F)F. The van der Waals surface area contributed by atoms with Crippen molar-refractivity contribution in [2.45, 2.75) is 38.7 Å². The molecule has 0 unspecified atom stereocenters. The topological polar surface area (TPSA) is 20.2 Å². The first-order chi connectivity index (χ1) is 4.00. The van der Waals surface area contributed by atoms with Crippen LogP contribution in [-0.2, 0) is 0 Å². The fraction of sp³-hybridized carbons (Fsp3) is 1.00. The van der Waals surface area contributed by atoms with Crippen molar-refractivity contribution in [1.82, 2.24) is 0 Å². The second kappa shape index (κ2) is 3.11. The van der Waals surface area contributed by atoms with Gasteiger partial charge in [-0.1, -0.05) is 13.3 Å². The Bertz CT molecular complexity index is 81.1. The van der Waals surface area contributed by atoms with Crippen molar-refractivity contribution in [3.63, 3.8) is 0 Å². The number of halogens is 2. The Labute approximate surface area is 53.7 Å². The van der Waals surface area contributed by atoms with Gasteiger partial charge in [0.2, 0.25) is 0 Å². The summed E-state index contributed by atoms with van der Waals surface area (Å²) in [6.07, 6.45) is -1.89. The van der Waals surface area contributed by atoms with E-state index in [1.165, 1.54) is 0 Å². The van der Waals surface area contributed by atoms with Crippen LogP contribution >= 0.6 is 0 Å². The predicted molar refractivity (Wildman–Crippen MR) is 31.5 cm³/mol. The summed E-state index contributed by atoms with van der Waals surface area (Å²) in [4.78, 5) is 0. The second-order valence-electron chi connectivity index (χ2n) is 2.41. The van der Waals surface area contributed by atoms with Crippen LogP contribution in [0.2, 0.25) is 0 Å². The lowest BCUT2D eigenvalue weighted by molar-refractivity contribution is -0.0879. The average molecular weight is 138 g/mol. The van der Waals surface area contributed by atoms with Crippen molar-refractivity contribution >= 4 is 0 Å². The summed E-state index contributed by atoms with van der Waals surface area (Å²) in [6, 6.07) is 0. The molecule has 0 aromatic rings. The molecule has 0 rings (SSSR count). The summed E-state index contributed by atoms with van der Waals surface area (Å²) < 4.78 is 23.5. The lowest BCUT2D eigenvalue weighted by Crippen LogP contribution is -2.32. The van der Waals surface area contributed by atoms with E-state index < -0.39 is 12.0 Å². The maximum atomic E-state index is 11.7. The predicted octanol–water partition coefficient (Wildman–Crippen LogP) is 1.80. The van der Waals surface area contributed by atoms with Gasteiger partial charge >= 0.3 is 0 Å². The monoisotopic (exact) mass is 138 g/mol. The van der Waals surface area contributed by atoms with Crippen molar-refractivity contribution in [1.29, 1.82) is 0 Å². The molecule has 0 aromatic carbocycles. The molecule has 0 amide bonds. The zero-order valence-electron chi connectivity index (χ0n) is 5.69. The van der Waals surface area contributed by atoms with Crippen molar-refractivity contribution in [3.8, 4) is 0 Å². The molecule has 0 bridgehead atoms. The van der Waals surface area contributed by atoms with Gasteiger partial charge in [-0.3, -0.25) is 0 Å². The maximum absolute atomic E-state index is 11.7. The first kappa shape index (κ1) is 8.82. The zero-order chi connectivity index (χ0) is 7.49. The standard InChI is InChI=1S/C6H12F2O/c1-3-4-6(2,9)5(7)8/h5,9H,3-4H2,1-2H3/t6-/m0/s1. The quantitative estimate of drug-likeness (QED) is 0.630. The Morgan fingerprint density at radius 3 is 2.11 bits per heavy atom. The molecule has 1 atom stereocenters. The first-order valence-corrected chi connectivity index (χ1v) is 3.01. The molecule has 0 aliphatic carbocycles. The summed E-state index contributed by atoms with van der Waals surface area (Å²) in [7, 11) is 0. The largest absolute Gasteiger partial charge is 0.384 e. The molecular weight excluding hydrogens is 126 g/mol. The van der Waals surface area contributed by atoms with Crippen LogP contribution in [0, 0.1) is 0 Å². The Balaban J connectivity index is 3.70. The molecule has 0 spiro atoms. The zero-order valence-corrected chi connectivity index (χ0v) is 5.69. The summed E-state index contributed by atoms with van der Waals surface area (Å²) in [5, 5.41) is 8.84. The molecular formula is C6H12F2O. The number of hydrogen-bond donors (Lipinski definition) is 1. The first-order valence-electron chi connectivity index (χ1n) is 3.01. The van der Waals surface area contributed by atoms with Gasteiger partial charge in [-0.2, -0.15) is 0 Å². The van der Waals surface area contributed by atoms with E-state index in [1.807, 2.05) is 0 Å². The average Bonchev–Trinajstić information content (AvgIpc) is 1.65. The van der Waals surface area contributed by atoms with Gasteiger partial charge in [-0.05, 0) is 13.3 Å². The highest BCUT2D eigenvalue weighted by molar-refractivity contribution is 4.73. The van der Waals surface area contributed by atoms with E-state index in [-0.39, 0.29) is 6.42 Å². The molecule has 0 heterocycles. The second-order valence-corrected chi connectivity index (χ2v) is 2.41. The molecule has 0 saturated carbocycles. The lowest BCUT2D eigenvalue weighted by Gasteiger charge is -2.20. The minimum absolute atomic E-state index is 0.157. The van der Waals surface area contributed by atoms with Crippen LogP contribution < -0.4 is 0 Å². The molecule has 0 saturated heterocycles. The van der Waals surface area contributed by atoms with E-state index in [9.17, 15) is 8.78 Å². The van der Waals surface area contributed by atoms with Crippen LogP contribution in [0.5, 0.6) is 0 Å². The third-order valence-electron chi connectivity index (χ3n) is 1.23. The highest BCUT2D eigenvalue weighted by atomic mass is 19.3. The molecule has 0 aliphatic heterocycles. The maximum Gasteiger partial charge on any atom is 0.266 e. The van der Waals surface area contributed by atoms with Gasteiger partial charge in [-0.25, -0.2) is 8.78 Å². The number of hydrogen-bond acceptors (Lipinski definition) is 1. The van der Waals surface area contributed by atoms with Crippen molar-refractivity contribution in [2.24, 2.45) is 0 Å². The number of rotatable bonds is 3. The van der Waals surface area contributed by atoms with Gasteiger partial charge in [0, 0.05) is 0 Å². The smallest absolute Gasteiger partial charge is 0.266 e. The Morgan fingerprint density at radius 2 is 2.00 bits per heavy atom. The van der Waals surface area contributed by atoms with Crippen molar-refractivity contribution in [2.75, 3.05) is 0 Å². The number of alkyl halides is 2. The van der Waals surface area contributed by atoms with Gasteiger partial charge in [0.25, 0.3) is 6.43 Å². The third kappa shape index (κ3) is 2.75. The molecule has 9 heavy (non-hydrogen) atoms. The molecule has 0 radical (unpaired) electrons. The van der Waals surface area contributed by atoms with Gasteiger partial charge in [-0.15, -0.1) is 0 Å². The van der Waals surface area contributed by atoms with E-state index in [4.69, 9.17) is 5.11 Å². The van der Waals surface area contributed by atoms with E-state index in [1.54, 1.807) is 6.92 Å². The van der Waals surface area contributed by atoms with Gasteiger partial charge in [0.15, 0.2) is 0 Å². The van der Waals surface area contributed by atoms with E-state index in [0.717, 1.165) is 6.92 Å². The number of aliphatic hydroxyl groups is 1. The van der Waals surface area contributed by atoms with Crippen LogP contribution in [0.15, 0.2) is 0 Å².